The van der Waals surface area contributed by atoms with Crippen molar-refractivity contribution in [1.82, 2.24) is 0 Å². The van der Waals surface area contributed by atoms with Crippen molar-refractivity contribution in [2.45, 2.75) is 0 Å². The molecule has 4 heteroatoms. The van der Waals surface area contributed by atoms with E-state index >= 15 is 0 Å². The fraction of sp³-hybridized carbons (Fsp3) is 0.200. The summed E-state index contributed by atoms with van der Waals surface area (Å²) in [6.07, 6.45) is 2.63. The molecule has 0 aromatic rings. The molecule has 0 heterocycles. The molecule has 0 aromatic carbocycles. The van der Waals surface area contributed by atoms with Crippen molar-refractivity contribution < 1.29 is 14.3 Å². The Kier molecular flexibility index (Phi) is 8.79. The van der Waals surface area contributed by atoms with Crippen molar-refractivity contribution in [2.24, 2.45) is 0 Å². The van der Waals surface area contributed by atoms with E-state index in [-0.39, 0.29) is 12.4 Å². The Morgan fingerprint density at radius 2 is 2.11 bits per heavy atom. The molecule has 0 aliphatic heterocycles. The predicted octanol–water partition coefficient (Wildman–Crippen LogP) is 0.336. The fourth-order valence-electron chi connectivity index (χ4n) is 0.186. The lowest BCUT2D eigenvalue weighted by molar-refractivity contribution is -0.135. The first kappa shape index (κ1) is 11.0. The van der Waals surface area contributed by atoms with Crippen molar-refractivity contribution >= 4 is 24.7 Å². The van der Waals surface area contributed by atoms with Gasteiger partial charge in [0, 0.05) is 6.08 Å². The van der Waals surface area contributed by atoms with Gasteiger partial charge in [-0.1, -0.05) is 0 Å². The fourth-order valence-corrected chi connectivity index (χ4v) is 0.186. The van der Waals surface area contributed by atoms with E-state index in [9.17, 15) is 9.59 Å². The van der Waals surface area contributed by atoms with Crippen molar-refractivity contribution in [2.75, 3.05) is 7.11 Å². The number of carbonyl (C=O) groups excluding carboxylic acids is 2. The first-order valence-electron chi connectivity index (χ1n) is 2.01. The molecule has 0 rings (SSSR count). The predicted molar refractivity (Wildman–Crippen MR) is 34.5 cm³/mol. The van der Waals surface area contributed by atoms with Gasteiger partial charge in [0.1, 0.15) is 6.29 Å². The lowest BCUT2D eigenvalue weighted by Gasteiger charge is -1.84. The quantitative estimate of drug-likeness (QED) is 0.324. The smallest absolute Gasteiger partial charge is 0.330 e. The largest absolute Gasteiger partial charge is 0.466 e. The van der Waals surface area contributed by atoms with Gasteiger partial charge in [-0.05, 0) is 6.08 Å². The minimum Gasteiger partial charge on any atom is -0.466 e. The summed E-state index contributed by atoms with van der Waals surface area (Å²) in [5.74, 6) is -0.517. The molecular weight excluding hydrogens is 144 g/mol. The van der Waals surface area contributed by atoms with Gasteiger partial charge in [-0.3, -0.25) is 4.79 Å². The lowest BCUT2D eigenvalue weighted by Crippen LogP contribution is -1.93. The second-order valence-corrected chi connectivity index (χ2v) is 1.02. The number of carbonyl (C=O) groups is 2. The van der Waals surface area contributed by atoms with Crippen LogP contribution in [-0.4, -0.2) is 19.4 Å². The minimum absolute atomic E-state index is 0. The molecule has 0 radical (unpaired) electrons. The van der Waals surface area contributed by atoms with Gasteiger partial charge in [-0.25, -0.2) is 4.79 Å². The Balaban J connectivity index is 0. The van der Waals surface area contributed by atoms with E-state index in [0.717, 1.165) is 12.2 Å². The molecular formula is C5H7ClO3. The molecule has 0 fully saturated rings. The van der Waals surface area contributed by atoms with E-state index in [2.05, 4.69) is 4.74 Å². The maximum atomic E-state index is 10.1. The molecule has 0 saturated carbocycles. The van der Waals surface area contributed by atoms with Crippen LogP contribution in [0.25, 0.3) is 0 Å². The van der Waals surface area contributed by atoms with Gasteiger partial charge in [0.05, 0.1) is 7.11 Å². The highest BCUT2D eigenvalue weighted by Gasteiger charge is 1.85. The topological polar surface area (TPSA) is 43.4 Å². The molecule has 0 saturated heterocycles. The second kappa shape index (κ2) is 7.17. The number of hydrogen-bond donors (Lipinski definition) is 0. The average Bonchev–Trinajstić information content (AvgIpc) is 1.83. The molecule has 0 spiro atoms. The Morgan fingerprint density at radius 1 is 1.56 bits per heavy atom. The zero-order valence-corrected chi connectivity index (χ0v) is 5.68. The Labute approximate surface area is 59.1 Å². The van der Waals surface area contributed by atoms with Crippen LogP contribution in [0.5, 0.6) is 0 Å². The second-order valence-electron chi connectivity index (χ2n) is 1.02. The van der Waals surface area contributed by atoms with Gasteiger partial charge in [-0.2, -0.15) is 0 Å². The van der Waals surface area contributed by atoms with Crippen LogP contribution in [-0.2, 0) is 14.3 Å². The molecule has 3 nitrogen and oxygen atoms in total. The van der Waals surface area contributed by atoms with Gasteiger partial charge in [0.25, 0.3) is 0 Å². The molecule has 9 heavy (non-hydrogen) atoms. The summed E-state index contributed by atoms with van der Waals surface area (Å²) >= 11 is 0. The molecule has 0 aromatic heterocycles. The molecule has 0 unspecified atom stereocenters. The van der Waals surface area contributed by atoms with E-state index in [1.165, 1.54) is 7.11 Å². The SMILES string of the molecule is COC(=O)/C=C/C=O.Cl. The summed E-state index contributed by atoms with van der Waals surface area (Å²) < 4.78 is 4.17. The highest BCUT2D eigenvalue weighted by molar-refractivity contribution is 5.86. The summed E-state index contributed by atoms with van der Waals surface area (Å²) in [4.78, 5) is 19.6. The Bertz CT molecular complexity index is 119. The number of halogens is 1. The number of ether oxygens (including phenoxy) is 1. The first-order valence-corrected chi connectivity index (χ1v) is 2.01. The van der Waals surface area contributed by atoms with Crippen molar-refractivity contribution in [3.63, 3.8) is 0 Å². The molecule has 0 amide bonds. The number of esters is 1. The van der Waals surface area contributed by atoms with Crippen LogP contribution in [0, 0.1) is 0 Å². The molecule has 0 N–H and O–H groups in total. The van der Waals surface area contributed by atoms with Gasteiger partial charge in [0.2, 0.25) is 0 Å². The molecule has 0 atom stereocenters. The first-order chi connectivity index (χ1) is 3.81. The number of rotatable bonds is 2. The molecule has 0 aliphatic carbocycles. The van der Waals surface area contributed by atoms with E-state index in [1.54, 1.807) is 0 Å². The number of allylic oxidation sites excluding steroid dienone is 1. The van der Waals surface area contributed by atoms with E-state index < -0.39 is 5.97 Å². The maximum Gasteiger partial charge on any atom is 0.330 e. The average molecular weight is 151 g/mol. The highest BCUT2D eigenvalue weighted by Crippen LogP contribution is 1.72. The van der Waals surface area contributed by atoms with Crippen LogP contribution in [0.1, 0.15) is 0 Å². The third-order valence-electron chi connectivity index (χ3n) is 0.512. The van der Waals surface area contributed by atoms with E-state index in [0.29, 0.717) is 6.29 Å². The zero-order chi connectivity index (χ0) is 6.41. The highest BCUT2D eigenvalue weighted by atomic mass is 35.5. The summed E-state index contributed by atoms with van der Waals surface area (Å²) in [7, 11) is 1.25. The van der Waals surface area contributed by atoms with Crippen LogP contribution in [0.15, 0.2) is 12.2 Å². The van der Waals surface area contributed by atoms with Crippen LogP contribution < -0.4 is 0 Å². The number of methoxy groups -OCH3 is 1. The van der Waals surface area contributed by atoms with Gasteiger partial charge >= 0.3 is 5.97 Å². The monoisotopic (exact) mass is 150 g/mol. The molecule has 52 valence electrons. The Hall–Kier alpha value is -0.830. The zero-order valence-electron chi connectivity index (χ0n) is 4.87. The summed E-state index contributed by atoms with van der Waals surface area (Å²) in [6.45, 7) is 0. The van der Waals surface area contributed by atoms with Crippen LogP contribution in [0.3, 0.4) is 0 Å². The summed E-state index contributed by atoms with van der Waals surface area (Å²) in [5.41, 5.74) is 0. The van der Waals surface area contributed by atoms with Crippen LogP contribution in [0.4, 0.5) is 0 Å². The normalized spacial score (nSPS) is 8.11. The van der Waals surface area contributed by atoms with E-state index in [1.807, 2.05) is 0 Å². The maximum absolute atomic E-state index is 10.1. The van der Waals surface area contributed by atoms with Crippen LogP contribution >= 0.6 is 12.4 Å². The lowest BCUT2D eigenvalue weighted by atomic mass is 10.5. The molecule has 0 bridgehead atoms. The van der Waals surface area contributed by atoms with Crippen molar-refractivity contribution in [3.05, 3.63) is 12.2 Å². The standard InChI is InChI=1S/C5H6O3.ClH/c1-8-5(7)3-2-4-6;/h2-4H,1H3;1H/b3-2+;. The van der Waals surface area contributed by atoms with Gasteiger partial charge in [0.15, 0.2) is 0 Å². The summed E-state index contributed by atoms with van der Waals surface area (Å²) in [6, 6.07) is 0. The third-order valence-corrected chi connectivity index (χ3v) is 0.512. The third kappa shape index (κ3) is 7.17. The van der Waals surface area contributed by atoms with Crippen LogP contribution in [0.2, 0.25) is 0 Å². The number of hydrogen-bond acceptors (Lipinski definition) is 3. The summed E-state index contributed by atoms with van der Waals surface area (Å²) in [5, 5.41) is 0. The molecule has 0 aliphatic rings. The minimum atomic E-state index is -0.517. The Morgan fingerprint density at radius 3 is 2.44 bits per heavy atom. The number of aldehydes is 1. The van der Waals surface area contributed by atoms with Gasteiger partial charge in [-0.15, -0.1) is 12.4 Å². The van der Waals surface area contributed by atoms with Crippen molar-refractivity contribution in [1.29, 1.82) is 0 Å². The van der Waals surface area contributed by atoms with Crippen molar-refractivity contribution in [3.8, 4) is 0 Å². The van der Waals surface area contributed by atoms with Gasteiger partial charge < -0.3 is 4.74 Å². The van der Waals surface area contributed by atoms with E-state index in [4.69, 9.17) is 0 Å².